The van der Waals surface area contributed by atoms with E-state index in [1.807, 2.05) is 24.3 Å². The molecule has 2 rings (SSSR count). The van der Waals surface area contributed by atoms with Crippen molar-refractivity contribution in [2.75, 3.05) is 38.5 Å². The Labute approximate surface area is 131 Å². The highest BCUT2D eigenvalue weighted by atomic mass is 32.2. The molecule has 1 aromatic carbocycles. The summed E-state index contributed by atoms with van der Waals surface area (Å²) in [6, 6.07) is 8.32. The zero-order chi connectivity index (χ0) is 15.1. The summed E-state index contributed by atoms with van der Waals surface area (Å²) in [5, 5.41) is 0. The second kappa shape index (κ2) is 8.51. The Kier molecular flexibility index (Phi) is 6.67. The fourth-order valence-electron chi connectivity index (χ4n) is 2.09. The highest BCUT2D eigenvalue weighted by Gasteiger charge is 2.25. The van der Waals surface area contributed by atoms with Crippen LogP contribution in [-0.4, -0.2) is 55.5 Å². The Balaban J connectivity index is 1.71. The number of ether oxygens (including phenoxy) is 3. The van der Waals surface area contributed by atoms with Gasteiger partial charge in [0.05, 0.1) is 13.3 Å². The van der Waals surface area contributed by atoms with E-state index in [2.05, 4.69) is 25.0 Å². The maximum atomic E-state index is 5.79. The second-order valence-electron chi connectivity index (χ2n) is 5.41. The van der Waals surface area contributed by atoms with Crippen LogP contribution < -0.4 is 9.47 Å². The van der Waals surface area contributed by atoms with Gasteiger partial charge in [-0.2, -0.15) is 11.8 Å². The Hall–Kier alpha value is -0.910. The van der Waals surface area contributed by atoms with E-state index in [0.29, 0.717) is 19.4 Å². The largest absolute Gasteiger partial charge is 0.493 e. The van der Waals surface area contributed by atoms with E-state index in [9.17, 15) is 0 Å². The predicted octanol–water partition coefficient (Wildman–Crippen LogP) is 2.87. The van der Waals surface area contributed by atoms with E-state index in [1.54, 1.807) is 11.8 Å². The van der Waals surface area contributed by atoms with Crippen molar-refractivity contribution in [2.24, 2.45) is 0 Å². The third-order valence-electron chi connectivity index (χ3n) is 3.46. The van der Waals surface area contributed by atoms with Gasteiger partial charge in [-0.15, -0.1) is 0 Å². The fourth-order valence-corrected chi connectivity index (χ4v) is 2.34. The number of hydrogen-bond acceptors (Lipinski definition) is 5. The van der Waals surface area contributed by atoms with Crippen LogP contribution in [0.15, 0.2) is 24.3 Å². The molecule has 1 aliphatic rings. The quantitative estimate of drug-likeness (QED) is 0.689. The Morgan fingerprint density at radius 3 is 2.48 bits per heavy atom. The first-order chi connectivity index (χ1) is 10.2. The van der Waals surface area contributed by atoms with Gasteiger partial charge in [-0.25, -0.2) is 0 Å². The smallest absolute Gasteiger partial charge is 0.119 e. The molecular weight excluding hydrogens is 286 g/mol. The Bertz CT molecular complexity index is 410. The number of nitrogens with zero attached hydrogens (tertiary/aromatic N) is 1. The molecule has 1 fully saturated rings. The first-order valence-electron chi connectivity index (χ1n) is 7.39. The summed E-state index contributed by atoms with van der Waals surface area (Å²) in [7, 11) is 0. The normalized spacial score (nSPS) is 19.1. The third-order valence-corrected chi connectivity index (χ3v) is 4.04. The molecule has 1 unspecified atom stereocenters. The van der Waals surface area contributed by atoms with E-state index >= 15 is 0 Å². The number of thioether (sulfide) groups is 1. The summed E-state index contributed by atoms with van der Waals surface area (Å²) in [6.07, 6.45) is 2.23. The number of rotatable bonds is 8. The molecule has 0 saturated carbocycles. The molecule has 1 atom stereocenters. The fraction of sp³-hybridized carbons (Fsp3) is 0.625. The van der Waals surface area contributed by atoms with E-state index < -0.39 is 0 Å². The van der Waals surface area contributed by atoms with Gasteiger partial charge < -0.3 is 14.2 Å². The first-order valence-corrected chi connectivity index (χ1v) is 8.78. The summed E-state index contributed by atoms with van der Waals surface area (Å²) in [5.41, 5.74) is 0. The van der Waals surface area contributed by atoms with Crippen LogP contribution in [0.3, 0.4) is 0 Å². The van der Waals surface area contributed by atoms with Crippen molar-refractivity contribution in [3.05, 3.63) is 24.3 Å². The minimum absolute atomic E-state index is 0.157. The van der Waals surface area contributed by atoms with Crippen LogP contribution in [0.5, 0.6) is 11.5 Å². The van der Waals surface area contributed by atoms with Crippen molar-refractivity contribution in [3.8, 4) is 11.5 Å². The van der Waals surface area contributed by atoms with Gasteiger partial charge in [0.15, 0.2) is 0 Å². The lowest BCUT2D eigenvalue weighted by Gasteiger charge is -2.17. The first kappa shape index (κ1) is 16.5. The zero-order valence-electron chi connectivity index (χ0n) is 13.1. The molecule has 0 amide bonds. The minimum atomic E-state index is 0.157. The minimum Gasteiger partial charge on any atom is -0.493 e. The van der Waals surface area contributed by atoms with Gasteiger partial charge in [-0.3, -0.25) is 4.90 Å². The van der Waals surface area contributed by atoms with Crippen molar-refractivity contribution in [1.82, 2.24) is 4.90 Å². The molecule has 0 radical (unpaired) electrons. The summed E-state index contributed by atoms with van der Waals surface area (Å²) < 4.78 is 17.1. The van der Waals surface area contributed by atoms with Crippen LogP contribution in [-0.2, 0) is 4.74 Å². The Morgan fingerprint density at radius 2 is 1.90 bits per heavy atom. The topological polar surface area (TPSA) is 30.9 Å². The standard InChI is InChI=1S/C16H25NO3S/c1-13(2)17-10-16(20-12-17)11-19-15-6-4-14(5-7-15)18-8-9-21-3/h4-7,13,16H,8-12H2,1-3H3. The summed E-state index contributed by atoms with van der Waals surface area (Å²) >= 11 is 1.78. The van der Waals surface area contributed by atoms with E-state index in [0.717, 1.165) is 30.4 Å². The van der Waals surface area contributed by atoms with Gasteiger partial charge in [0, 0.05) is 18.3 Å². The monoisotopic (exact) mass is 311 g/mol. The molecule has 21 heavy (non-hydrogen) atoms. The molecule has 0 aromatic heterocycles. The van der Waals surface area contributed by atoms with E-state index in [-0.39, 0.29) is 6.10 Å². The molecule has 0 spiro atoms. The van der Waals surface area contributed by atoms with Crippen LogP contribution in [0.25, 0.3) is 0 Å². The van der Waals surface area contributed by atoms with Crippen molar-refractivity contribution in [2.45, 2.75) is 26.0 Å². The van der Waals surface area contributed by atoms with E-state index in [4.69, 9.17) is 14.2 Å². The SMILES string of the molecule is CSCCOc1ccc(OCC2CN(C(C)C)CO2)cc1. The van der Waals surface area contributed by atoms with Gasteiger partial charge in [-0.05, 0) is 44.4 Å². The second-order valence-corrected chi connectivity index (χ2v) is 6.39. The lowest BCUT2D eigenvalue weighted by atomic mass is 10.3. The maximum absolute atomic E-state index is 5.79. The number of hydrogen-bond donors (Lipinski definition) is 0. The van der Waals surface area contributed by atoms with Crippen LogP contribution in [0.1, 0.15) is 13.8 Å². The average molecular weight is 311 g/mol. The summed E-state index contributed by atoms with van der Waals surface area (Å²) in [5.74, 6) is 2.75. The molecule has 1 saturated heterocycles. The molecule has 1 aromatic rings. The maximum Gasteiger partial charge on any atom is 0.119 e. The van der Waals surface area contributed by atoms with E-state index in [1.165, 1.54) is 0 Å². The number of benzene rings is 1. The molecule has 118 valence electrons. The molecule has 4 nitrogen and oxygen atoms in total. The van der Waals surface area contributed by atoms with Crippen molar-refractivity contribution in [3.63, 3.8) is 0 Å². The van der Waals surface area contributed by atoms with Crippen LogP contribution in [0, 0.1) is 0 Å². The van der Waals surface area contributed by atoms with Gasteiger partial charge in [-0.1, -0.05) is 0 Å². The van der Waals surface area contributed by atoms with Gasteiger partial charge in [0.2, 0.25) is 0 Å². The van der Waals surface area contributed by atoms with Crippen LogP contribution in [0.2, 0.25) is 0 Å². The van der Waals surface area contributed by atoms with Crippen molar-refractivity contribution >= 4 is 11.8 Å². The summed E-state index contributed by atoms with van der Waals surface area (Å²) in [6.45, 7) is 7.34. The molecule has 1 aliphatic heterocycles. The highest BCUT2D eigenvalue weighted by molar-refractivity contribution is 7.98. The average Bonchev–Trinajstić information content (AvgIpc) is 2.96. The lowest BCUT2D eigenvalue weighted by Crippen LogP contribution is -2.30. The van der Waals surface area contributed by atoms with Gasteiger partial charge >= 0.3 is 0 Å². The molecule has 0 N–H and O–H groups in total. The molecule has 5 heteroatoms. The zero-order valence-corrected chi connectivity index (χ0v) is 13.9. The van der Waals surface area contributed by atoms with Crippen LogP contribution >= 0.6 is 11.8 Å². The third kappa shape index (κ3) is 5.41. The van der Waals surface area contributed by atoms with Crippen LogP contribution in [0.4, 0.5) is 0 Å². The van der Waals surface area contributed by atoms with Gasteiger partial charge in [0.1, 0.15) is 24.2 Å². The predicted molar refractivity (Wildman–Crippen MR) is 87.4 cm³/mol. The molecule has 1 heterocycles. The van der Waals surface area contributed by atoms with Crippen molar-refractivity contribution in [1.29, 1.82) is 0 Å². The lowest BCUT2D eigenvalue weighted by molar-refractivity contribution is 0.0550. The van der Waals surface area contributed by atoms with Gasteiger partial charge in [0.25, 0.3) is 0 Å². The molecular formula is C16H25NO3S. The summed E-state index contributed by atoms with van der Waals surface area (Å²) in [4.78, 5) is 2.30. The Morgan fingerprint density at radius 1 is 1.24 bits per heavy atom. The van der Waals surface area contributed by atoms with Crippen molar-refractivity contribution < 1.29 is 14.2 Å². The molecule has 0 bridgehead atoms. The highest BCUT2D eigenvalue weighted by Crippen LogP contribution is 2.19. The molecule has 0 aliphatic carbocycles.